The van der Waals surface area contributed by atoms with Crippen LogP contribution in [0, 0.1) is 6.92 Å². The number of ether oxygens (including phenoxy) is 2. The maximum atomic E-state index is 12.9. The van der Waals surface area contributed by atoms with Gasteiger partial charge in [-0.15, -0.1) is 0 Å². The van der Waals surface area contributed by atoms with Gasteiger partial charge in [0.1, 0.15) is 12.1 Å². The lowest BCUT2D eigenvalue weighted by Gasteiger charge is -2.22. The molecule has 24 heavy (non-hydrogen) atoms. The van der Waals surface area contributed by atoms with E-state index in [1.165, 1.54) is 19.1 Å². The molecule has 1 fully saturated rings. The second-order valence-electron chi connectivity index (χ2n) is 5.62. The molecule has 2 unspecified atom stereocenters. The van der Waals surface area contributed by atoms with Crippen molar-refractivity contribution in [3.63, 3.8) is 0 Å². The van der Waals surface area contributed by atoms with E-state index in [1.807, 2.05) is 6.92 Å². The summed E-state index contributed by atoms with van der Waals surface area (Å²) in [6, 6.07) is 5.36. The molecule has 0 aromatic heterocycles. The van der Waals surface area contributed by atoms with Crippen molar-refractivity contribution < 1.29 is 27.5 Å². The molecule has 0 amide bonds. The number of esters is 2. The summed E-state index contributed by atoms with van der Waals surface area (Å²) in [5, 5.41) is 0. The molecule has 2 atom stereocenters. The number of rotatable bonds is 5. The fraction of sp³-hybridized carbons (Fsp3) is 0.500. The highest BCUT2D eigenvalue weighted by Crippen LogP contribution is 2.29. The van der Waals surface area contributed by atoms with E-state index in [4.69, 9.17) is 9.47 Å². The highest BCUT2D eigenvalue weighted by molar-refractivity contribution is 7.89. The van der Waals surface area contributed by atoms with Crippen LogP contribution in [0.25, 0.3) is 0 Å². The number of nitrogens with zero attached hydrogens (tertiary/aromatic N) is 1. The molecule has 0 radical (unpaired) electrons. The Hall–Kier alpha value is -1.93. The van der Waals surface area contributed by atoms with Gasteiger partial charge in [0.25, 0.3) is 0 Å². The lowest BCUT2D eigenvalue weighted by atomic mass is 10.2. The van der Waals surface area contributed by atoms with Crippen LogP contribution in [0.5, 0.6) is 0 Å². The van der Waals surface area contributed by atoms with Crippen LogP contribution in [0.2, 0.25) is 0 Å². The van der Waals surface area contributed by atoms with Crippen LogP contribution in [0.1, 0.15) is 25.8 Å². The number of hydrogen-bond donors (Lipinski definition) is 0. The van der Waals surface area contributed by atoms with Gasteiger partial charge in [-0.05, 0) is 26.0 Å². The summed E-state index contributed by atoms with van der Waals surface area (Å²) in [4.78, 5) is 23.4. The van der Waals surface area contributed by atoms with Gasteiger partial charge >= 0.3 is 11.9 Å². The minimum atomic E-state index is -3.90. The molecule has 0 spiro atoms. The summed E-state index contributed by atoms with van der Waals surface area (Å²) in [5.74, 6) is -1.15. The van der Waals surface area contributed by atoms with Crippen molar-refractivity contribution >= 4 is 22.0 Å². The number of carbonyl (C=O) groups excluding carboxylic acids is 2. The van der Waals surface area contributed by atoms with Crippen LogP contribution >= 0.6 is 0 Å². The average Bonchev–Trinajstić information content (AvgIpc) is 2.92. The summed E-state index contributed by atoms with van der Waals surface area (Å²) < 4.78 is 36.9. The zero-order chi connectivity index (χ0) is 17.9. The normalized spacial score (nSPS) is 21.5. The van der Waals surface area contributed by atoms with E-state index in [-0.39, 0.29) is 24.5 Å². The molecule has 8 heteroatoms. The van der Waals surface area contributed by atoms with Crippen LogP contribution in [-0.2, 0) is 29.1 Å². The highest BCUT2D eigenvalue weighted by Gasteiger charge is 2.46. The van der Waals surface area contributed by atoms with E-state index in [0.717, 1.165) is 9.87 Å². The van der Waals surface area contributed by atoms with Crippen molar-refractivity contribution in [3.05, 3.63) is 29.8 Å². The maximum Gasteiger partial charge on any atom is 0.324 e. The van der Waals surface area contributed by atoms with Gasteiger partial charge in [-0.25, -0.2) is 8.42 Å². The van der Waals surface area contributed by atoms with Crippen LogP contribution in [-0.4, -0.2) is 50.0 Å². The predicted octanol–water partition coefficient (Wildman–Crippen LogP) is 1.25. The summed E-state index contributed by atoms with van der Waals surface area (Å²) in [6.07, 6.45) is -0.583. The first-order valence-electron chi connectivity index (χ1n) is 7.68. The SMILES string of the molecule is CCOC(=O)C1CC(OC(C)=O)CN1S(=O)(=O)c1ccc(C)cc1. The molecule has 7 nitrogen and oxygen atoms in total. The summed E-state index contributed by atoms with van der Waals surface area (Å²) in [7, 11) is -3.90. The quantitative estimate of drug-likeness (QED) is 0.739. The fourth-order valence-electron chi connectivity index (χ4n) is 2.65. The van der Waals surface area contributed by atoms with E-state index in [1.54, 1.807) is 19.1 Å². The lowest BCUT2D eigenvalue weighted by molar-refractivity contribution is -0.149. The van der Waals surface area contributed by atoms with E-state index >= 15 is 0 Å². The van der Waals surface area contributed by atoms with Crippen molar-refractivity contribution in [2.24, 2.45) is 0 Å². The molecule has 2 rings (SSSR count). The van der Waals surface area contributed by atoms with E-state index < -0.39 is 34.1 Å². The second-order valence-corrected chi connectivity index (χ2v) is 7.51. The molecule has 1 aromatic rings. The molecule has 1 heterocycles. The molecule has 0 saturated carbocycles. The number of sulfonamides is 1. The predicted molar refractivity (Wildman–Crippen MR) is 85.7 cm³/mol. The zero-order valence-electron chi connectivity index (χ0n) is 13.9. The van der Waals surface area contributed by atoms with Crippen molar-refractivity contribution in [3.8, 4) is 0 Å². The molecule has 0 bridgehead atoms. The van der Waals surface area contributed by atoms with Gasteiger partial charge in [-0.3, -0.25) is 9.59 Å². The van der Waals surface area contributed by atoms with Crippen molar-refractivity contribution in [1.29, 1.82) is 0 Å². The van der Waals surface area contributed by atoms with Gasteiger partial charge in [0.15, 0.2) is 0 Å². The summed E-state index contributed by atoms with van der Waals surface area (Å²) in [5.41, 5.74) is 0.926. The van der Waals surface area contributed by atoms with Gasteiger partial charge in [0, 0.05) is 13.3 Å². The molecule has 1 aliphatic heterocycles. The Bertz CT molecular complexity index is 713. The minimum Gasteiger partial charge on any atom is -0.465 e. The molecule has 0 aliphatic carbocycles. The molecule has 1 aromatic carbocycles. The molecular weight excluding hydrogens is 334 g/mol. The van der Waals surface area contributed by atoms with E-state index in [2.05, 4.69) is 0 Å². The Balaban J connectivity index is 2.33. The third-order valence-electron chi connectivity index (χ3n) is 3.74. The maximum absolute atomic E-state index is 12.9. The number of benzene rings is 1. The number of carbonyl (C=O) groups is 2. The molecule has 1 aliphatic rings. The first kappa shape index (κ1) is 18.4. The number of aryl methyl sites for hydroxylation is 1. The largest absolute Gasteiger partial charge is 0.465 e. The Kier molecular flexibility index (Phi) is 5.61. The fourth-order valence-corrected chi connectivity index (χ4v) is 4.27. The summed E-state index contributed by atoms with van der Waals surface area (Å²) >= 11 is 0. The second kappa shape index (κ2) is 7.31. The smallest absolute Gasteiger partial charge is 0.324 e. The van der Waals surface area contributed by atoms with Gasteiger partial charge < -0.3 is 9.47 Å². The van der Waals surface area contributed by atoms with Crippen LogP contribution < -0.4 is 0 Å². The van der Waals surface area contributed by atoms with E-state index in [0.29, 0.717) is 0 Å². The first-order valence-corrected chi connectivity index (χ1v) is 9.12. The van der Waals surface area contributed by atoms with Crippen molar-refractivity contribution in [2.75, 3.05) is 13.2 Å². The lowest BCUT2D eigenvalue weighted by Crippen LogP contribution is -2.41. The monoisotopic (exact) mass is 355 g/mol. The molecular formula is C16H21NO6S. The Morgan fingerprint density at radius 3 is 2.42 bits per heavy atom. The minimum absolute atomic E-state index is 0.0702. The van der Waals surface area contributed by atoms with Gasteiger partial charge in [-0.1, -0.05) is 17.7 Å². The molecule has 132 valence electrons. The zero-order valence-corrected chi connectivity index (χ0v) is 14.7. The van der Waals surface area contributed by atoms with Gasteiger partial charge in [-0.2, -0.15) is 4.31 Å². The van der Waals surface area contributed by atoms with Gasteiger partial charge in [0.05, 0.1) is 18.0 Å². The topological polar surface area (TPSA) is 90.0 Å². The molecule has 0 N–H and O–H groups in total. The Morgan fingerprint density at radius 1 is 1.25 bits per heavy atom. The average molecular weight is 355 g/mol. The van der Waals surface area contributed by atoms with Crippen LogP contribution in [0.4, 0.5) is 0 Å². The Morgan fingerprint density at radius 2 is 1.88 bits per heavy atom. The third-order valence-corrected chi connectivity index (χ3v) is 5.63. The van der Waals surface area contributed by atoms with Crippen LogP contribution in [0.3, 0.4) is 0 Å². The van der Waals surface area contributed by atoms with E-state index in [9.17, 15) is 18.0 Å². The third kappa shape index (κ3) is 3.93. The first-order chi connectivity index (χ1) is 11.3. The highest BCUT2D eigenvalue weighted by atomic mass is 32.2. The van der Waals surface area contributed by atoms with Gasteiger partial charge in [0.2, 0.25) is 10.0 Å². The van der Waals surface area contributed by atoms with Crippen molar-refractivity contribution in [1.82, 2.24) is 4.31 Å². The Labute approximate surface area is 141 Å². The number of hydrogen-bond acceptors (Lipinski definition) is 6. The van der Waals surface area contributed by atoms with Crippen LogP contribution in [0.15, 0.2) is 29.2 Å². The summed E-state index contributed by atoms with van der Waals surface area (Å²) in [6.45, 7) is 4.82. The molecule has 1 saturated heterocycles. The standard InChI is InChI=1S/C16H21NO6S/c1-4-22-16(19)15-9-13(23-12(3)18)10-17(15)24(20,21)14-7-5-11(2)6-8-14/h5-8,13,15H,4,9-10H2,1-3H3. The van der Waals surface area contributed by atoms with Crippen molar-refractivity contribution in [2.45, 2.75) is 44.2 Å².